The third-order valence-electron chi connectivity index (χ3n) is 3.68. The Labute approximate surface area is 131 Å². The molecule has 0 aliphatic heterocycles. The maximum atomic E-state index is 12.1. The normalized spacial score (nSPS) is 11.0. The van der Waals surface area contributed by atoms with Gasteiger partial charge in [0.25, 0.3) is 5.56 Å². The van der Waals surface area contributed by atoms with E-state index in [0.717, 1.165) is 27.7 Å². The first kappa shape index (κ1) is 13.4. The SMILES string of the molecule is O=c1ccc(-c2ccncc2)nn1Cc1ccc2[nH]ncc2c1. The third-order valence-corrected chi connectivity index (χ3v) is 3.68. The molecular weight excluding hydrogens is 290 g/mol. The summed E-state index contributed by atoms with van der Waals surface area (Å²) in [6.45, 7) is 0.416. The zero-order valence-corrected chi connectivity index (χ0v) is 12.2. The quantitative estimate of drug-likeness (QED) is 0.629. The molecule has 1 N–H and O–H groups in total. The van der Waals surface area contributed by atoms with Crippen LogP contribution in [0.3, 0.4) is 0 Å². The second-order valence-electron chi connectivity index (χ2n) is 5.24. The number of aromatic amines is 1. The molecule has 23 heavy (non-hydrogen) atoms. The lowest BCUT2D eigenvalue weighted by atomic mass is 10.1. The zero-order valence-electron chi connectivity index (χ0n) is 12.2. The van der Waals surface area contributed by atoms with E-state index in [0.29, 0.717) is 6.54 Å². The summed E-state index contributed by atoms with van der Waals surface area (Å²) in [5.41, 5.74) is 3.52. The molecule has 6 nitrogen and oxygen atoms in total. The summed E-state index contributed by atoms with van der Waals surface area (Å²) in [6, 6.07) is 12.9. The third kappa shape index (κ3) is 2.62. The molecule has 3 heterocycles. The van der Waals surface area contributed by atoms with Gasteiger partial charge in [0.15, 0.2) is 0 Å². The number of hydrogen-bond acceptors (Lipinski definition) is 4. The predicted octanol–water partition coefficient (Wildman–Crippen LogP) is 2.23. The van der Waals surface area contributed by atoms with Crippen LogP contribution in [-0.2, 0) is 6.54 Å². The molecule has 0 unspecified atom stereocenters. The van der Waals surface area contributed by atoms with Crippen LogP contribution < -0.4 is 5.56 Å². The first-order valence-electron chi connectivity index (χ1n) is 7.20. The van der Waals surface area contributed by atoms with Crippen molar-refractivity contribution < 1.29 is 0 Å². The number of benzene rings is 1. The van der Waals surface area contributed by atoms with Crippen molar-refractivity contribution in [1.82, 2.24) is 25.0 Å². The van der Waals surface area contributed by atoms with Crippen LogP contribution >= 0.6 is 0 Å². The van der Waals surface area contributed by atoms with E-state index in [4.69, 9.17) is 0 Å². The molecule has 0 radical (unpaired) electrons. The van der Waals surface area contributed by atoms with E-state index < -0.39 is 0 Å². The van der Waals surface area contributed by atoms with Crippen molar-refractivity contribution in [3.05, 3.63) is 77.0 Å². The van der Waals surface area contributed by atoms with Crippen molar-refractivity contribution in [3.63, 3.8) is 0 Å². The van der Waals surface area contributed by atoms with E-state index >= 15 is 0 Å². The molecule has 0 amide bonds. The van der Waals surface area contributed by atoms with Gasteiger partial charge >= 0.3 is 0 Å². The highest BCUT2D eigenvalue weighted by Crippen LogP contribution is 2.15. The number of nitrogens with one attached hydrogen (secondary N) is 1. The van der Waals surface area contributed by atoms with Gasteiger partial charge in [-0.25, -0.2) is 4.68 Å². The predicted molar refractivity (Wildman–Crippen MR) is 86.9 cm³/mol. The van der Waals surface area contributed by atoms with Gasteiger partial charge in [-0.3, -0.25) is 14.9 Å². The molecule has 0 bridgehead atoms. The first-order valence-corrected chi connectivity index (χ1v) is 7.20. The molecule has 112 valence electrons. The van der Waals surface area contributed by atoms with E-state index in [-0.39, 0.29) is 5.56 Å². The fraction of sp³-hybridized carbons (Fsp3) is 0.0588. The minimum absolute atomic E-state index is 0.130. The molecule has 0 aliphatic carbocycles. The fourth-order valence-corrected chi connectivity index (χ4v) is 2.50. The van der Waals surface area contributed by atoms with Crippen molar-refractivity contribution in [3.8, 4) is 11.3 Å². The number of aromatic nitrogens is 5. The molecule has 6 heteroatoms. The fourth-order valence-electron chi connectivity index (χ4n) is 2.50. The van der Waals surface area contributed by atoms with Gasteiger partial charge in [-0.05, 0) is 35.9 Å². The average Bonchev–Trinajstić information content (AvgIpc) is 3.05. The van der Waals surface area contributed by atoms with Crippen molar-refractivity contribution >= 4 is 10.9 Å². The lowest BCUT2D eigenvalue weighted by molar-refractivity contribution is 0.643. The van der Waals surface area contributed by atoms with Crippen molar-refractivity contribution in [1.29, 1.82) is 0 Å². The number of pyridine rings is 1. The van der Waals surface area contributed by atoms with Gasteiger partial charge in [-0.1, -0.05) is 6.07 Å². The Hall–Kier alpha value is -3.28. The number of H-pyrrole nitrogens is 1. The van der Waals surface area contributed by atoms with Gasteiger partial charge in [0, 0.05) is 29.4 Å². The minimum Gasteiger partial charge on any atom is -0.278 e. The van der Waals surface area contributed by atoms with Crippen LogP contribution in [0.2, 0.25) is 0 Å². The second kappa shape index (κ2) is 5.49. The molecule has 0 saturated carbocycles. The lowest BCUT2D eigenvalue weighted by Crippen LogP contribution is -2.22. The molecule has 3 aromatic heterocycles. The van der Waals surface area contributed by atoms with Crippen molar-refractivity contribution in [2.24, 2.45) is 0 Å². The Bertz CT molecular complexity index is 1020. The van der Waals surface area contributed by atoms with Crippen molar-refractivity contribution in [2.75, 3.05) is 0 Å². The molecule has 0 aliphatic rings. The molecule has 4 rings (SSSR count). The molecule has 1 aromatic carbocycles. The summed E-state index contributed by atoms with van der Waals surface area (Å²) in [5.74, 6) is 0. The average molecular weight is 303 g/mol. The van der Waals surface area contributed by atoms with E-state index in [1.807, 2.05) is 30.3 Å². The van der Waals surface area contributed by atoms with E-state index in [2.05, 4.69) is 20.3 Å². The van der Waals surface area contributed by atoms with Gasteiger partial charge in [0.05, 0.1) is 24.0 Å². The Morgan fingerprint density at radius 1 is 1.04 bits per heavy atom. The second-order valence-corrected chi connectivity index (χ2v) is 5.24. The van der Waals surface area contributed by atoms with Crippen LogP contribution in [0.5, 0.6) is 0 Å². The summed E-state index contributed by atoms with van der Waals surface area (Å²) >= 11 is 0. The zero-order chi connectivity index (χ0) is 15.6. The lowest BCUT2D eigenvalue weighted by Gasteiger charge is -2.07. The first-order chi connectivity index (χ1) is 11.3. The van der Waals surface area contributed by atoms with Crippen LogP contribution in [0.1, 0.15) is 5.56 Å². The highest BCUT2D eigenvalue weighted by atomic mass is 16.1. The van der Waals surface area contributed by atoms with E-state index in [9.17, 15) is 4.79 Å². The minimum atomic E-state index is -0.130. The maximum Gasteiger partial charge on any atom is 0.267 e. The van der Waals surface area contributed by atoms with E-state index in [1.54, 1.807) is 30.7 Å². The topological polar surface area (TPSA) is 76.5 Å². The van der Waals surface area contributed by atoms with Crippen LogP contribution in [0.4, 0.5) is 0 Å². The van der Waals surface area contributed by atoms with Crippen molar-refractivity contribution in [2.45, 2.75) is 6.54 Å². The molecule has 0 saturated heterocycles. The summed E-state index contributed by atoms with van der Waals surface area (Å²) < 4.78 is 1.47. The van der Waals surface area contributed by atoms with Gasteiger partial charge in [0.2, 0.25) is 0 Å². The Kier molecular flexibility index (Phi) is 3.20. The highest BCUT2D eigenvalue weighted by molar-refractivity contribution is 5.78. The molecule has 0 atom stereocenters. The number of fused-ring (bicyclic) bond motifs is 1. The summed E-state index contributed by atoms with van der Waals surface area (Å²) in [7, 11) is 0. The van der Waals surface area contributed by atoms with E-state index in [1.165, 1.54) is 4.68 Å². The highest BCUT2D eigenvalue weighted by Gasteiger charge is 2.05. The van der Waals surface area contributed by atoms with Crippen LogP contribution in [0, 0.1) is 0 Å². The van der Waals surface area contributed by atoms with Crippen LogP contribution in [0.25, 0.3) is 22.2 Å². The maximum absolute atomic E-state index is 12.1. The largest absolute Gasteiger partial charge is 0.278 e. The summed E-state index contributed by atoms with van der Waals surface area (Å²) in [5, 5.41) is 12.4. The van der Waals surface area contributed by atoms with Gasteiger partial charge in [-0.2, -0.15) is 10.2 Å². The Morgan fingerprint density at radius 2 is 1.91 bits per heavy atom. The Balaban J connectivity index is 1.72. The standard InChI is InChI=1S/C17H13N5O/c23-17-4-3-16(13-5-7-18-8-6-13)21-22(17)11-12-1-2-15-14(9-12)10-19-20-15/h1-10H,11H2,(H,19,20). The molecule has 4 aromatic rings. The summed E-state index contributed by atoms with van der Waals surface area (Å²) in [6.07, 6.45) is 5.18. The number of rotatable bonds is 3. The van der Waals surface area contributed by atoms with Gasteiger partial charge in [0.1, 0.15) is 0 Å². The Morgan fingerprint density at radius 3 is 2.78 bits per heavy atom. The monoisotopic (exact) mass is 303 g/mol. The number of hydrogen-bond donors (Lipinski definition) is 1. The van der Waals surface area contributed by atoms with Crippen LogP contribution in [0.15, 0.2) is 65.8 Å². The smallest absolute Gasteiger partial charge is 0.267 e. The van der Waals surface area contributed by atoms with Crippen LogP contribution in [-0.4, -0.2) is 25.0 Å². The summed E-state index contributed by atoms with van der Waals surface area (Å²) in [4.78, 5) is 16.1. The number of nitrogens with zero attached hydrogens (tertiary/aromatic N) is 4. The molecule has 0 fully saturated rings. The van der Waals surface area contributed by atoms with Gasteiger partial charge < -0.3 is 0 Å². The molecule has 0 spiro atoms. The molecular formula is C17H13N5O. The van der Waals surface area contributed by atoms with Gasteiger partial charge in [-0.15, -0.1) is 0 Å².